The highest BCUT2D eigenvalue weighted by molar-refractivity contribution is 7.12. The van der Waals surface area contributed by atoms with Gasteiger partial charge < -0.3 is 5.32 Å². The Hall–Kier alpha value is -3.12. The second-order valence-electron chi connectivity index (χ2n) is 6.06. The predicted molar refractivity (Wildman–Crippen MR) is 108 cm³/mol. The zero-order chi connectivity index (χ0) is 19.1. The molecule has 0 fully saturated rings. The molecule has 1 heterocycles. The lowest BCUT2D eigenvalue weighted by atomic mass is 10.2. The van der Waals surface area contributed by atoms with Crippen LogP contribution < -0.4 is 15.8 Å². The van der Waals surface area contributed by atoms with Crippen molar-refractivity contribution in [2.24, 2.45) is 0 Å². The number of para-hydroxylation sites is 1. The molecule has 0 spiro atoms. The van der Waals surface area contributed by atoms with Gasteiger partial charge in [0.15, 0.2) is 0 Å². The first-order chi connectivity index (χ1) is 13.1. The van der Waals surface area contributed by atoms with Crippen molar-refractivity contribution in [1.82, 2.24) is 10.7 Å². The van der Waals surface area contributed by atoms with Gasteiger partial charge >= 0.3 is 0 Å². The number of hydrogen-bond acceptors (Lipinski definition) is 4. The van der Waals surface area contributed by atoms with Crippen molar-refractivity contribution in [1.29, 1.82) is 0 Å². The zero-order valence-corrected chi connectivity index (χ0v) is 15.8. The van der Waals surface area contributed by atoms with Crippen molar-refractivity contribution in [3.05, 3.63) is 88.6 Å². The normalized spacial score (nSPS) is 11.4. The number of nitrogens with one attached hydrogen (secondary N) is 2. The number of rotatable bonds is 7. The third kappa shape index (κ3) is 5.18. The summed E-state index contributed by atoms with van der Waals surface area (Å²) in [5.74, 6) is -0.526. The number of anilines is 1. The van der Waals surface area contributed by atoms with Gasteiger partial charge in [-0.15, -0.1) is 11.3 Å². The van der Waals surface area contributed by atoms with E-state index in [0.29, 0.717) is 11.4 Å². The molecule has 0 aliphatic carbocycles. The van der Waals surface area contributed by atoms with Crippen LogP contribution in [0.3, 0.4) is 0 Å². The van der Waals surface area contributed by atoms with Crippen LogP contribution in [0.2, 0.25) is 0 Å². The minimum atomic E-state index is -0.665. The molecule has 0 bridgehead atoms. The van der Waals surface area contributed by atoms with Crippen LogP contribution in [-0.4, -0.2) is 17.9 Å². The molecule has 27 heavy (non-hydrogen) atoms. The second-order valence-corrected chi connectivity index (χ2v) is 7.00. The number of hydrazine groups is 1. The molecule has 5 nitrogen and oxygen atoms in total. The van der Waals surface area contributed by atoms with Crippen molar-refractivity contribution in [3.8, 4) is 0 Å². The van der Waals surface area contributed by atoms with E-state index < -0.39 is 6.04 Å². The number of benzene rings is 2. The van der Waals surface area contributed by atoms with Gasteiger partial charge in [0.1, 0.15) is 6.04 Å². The summed E-state index contributed by atoms with van der Waals surface area (Å²) in [6.45, 7) is 2.19. The van der Waals surface area contributed by atoms with Gasteiger partial charge in [0, 0.05) is 0 Å². The number of amides is 2. The van der Waals surface area contributed by atoms with E-state index in [1.807, 2.05) is 66.0 Å². The molecule has 0 aliphatic heterocycles. The van der Waals surface area contributed by atoms with Gasteiger partial charge in [0.2, 0.25) is 0 Å². The van der Waals surface area contributed by atoms with E-state index in [9.17, 15) is 9.59 Å². The summed E-state index contributed by atoms with van der Waals surface area (Å²) in [6, 6.07) is 22.4. The Bertz CT molecular complexity index is 867. The molecule has 0 saturated heterocycles. The Morgan fingerprint density at radius 2 is 1.63 bits per heavy atom. The van der Waals surface area contributed by atoms with E-state index in [4.69, 9.17) is 0 Å². The van der Waals surface area contributed by atoms with Crippen LogP contribution in [0.25, 0.3) is 0 Å². The summed E-state index contributed by atoms with van der Waals surface area (Å²) in [5, 5.41) is 6.35. The Kier molecular flexibility index (Phi) is 6.22. The van der Waals surface area contributed by atoms with E-state index >= 15 is 0 Å². The monoisotopic (exact) mass is 379 g/mol. The molecular formula is C21H21N3O2S. The van der Waals surface area contributed by atoms with Crippen molar-refractivity contribution in [2.75, 3.05) is 5.01 Å². The number of thiophene rings is 1. The first kappa shape index (κ1) is 18.7. The lowest BCUT2D eigenvalue weighted by molar-refractivity contribution is -0.122. The molecule has 1 atom stereocenters. The summed E-state index contributed by atoms with van der Waals surface area (Å²) in [5.41, 5.74) is 4.85. The maximum Gasteiger partial charge on any atom is 0.261 e. The fraction of sp³-hybridized carbons (Fsp3) is 0.143. The average molecular weight is 379 g/mol. The number of nitrogens with zero attached hydrogens (tertiary/aromatic N) is 1. The standard InChI is InChI=1S/C21H21N3O2S/c1-16(22-21(26)19-13-8-14-27-19)20(25)23-24(18-11-6-3-7-12-18)15-17-9-4-2-5-10-17/h2-14,16H,15H2,1H3,(H,22,26)(H,23,25). The van der Waals surface area contributed by atoms with Gasteiger partial charge in [-0.05, 0) is 36.1 Å². The summed E-state index contributed by atoms with van der Waals surface area (Å²) < 4.78 is 0. The molecule has 0 aliphatic rings. The Morgan fingerprint density at radius 3 is 2.26 bits per heavy atom. The van der Waals surface area contributed by atoms with E-state index in [2.05, 4.69) is 10.7 Å². The maximum absolute atomic E-state index is 12.7. The summed E-state index contributed by atoms with van der Waals surface area (Å²) >= 11 is 1.34. The third-order valence-corrected chi connectivity index (χ3v) is 4.85. The van der Waals surface area contributed by atoms with Crippen LogP contribution in [0, 0.1) is 0 Å². The molecular weight excluding hydrogens is 358 g/mol. The van der Waals surface area contributed by atoms with Crippen LogP contribution in [0.1, 0.15) is 22.2 Å². The summed E-state index contributed by atoms with van der Waals surface area (Å²) in [7, 11) is 0. The molecule has 2 N–H and O–H groups in total. The lowest BCUT2D eigenvalue weighted by Gasteiger charge is -2.27. The van der Waals surface area contributed by atoms with Gasteiger partial charge in [0.05, 0.1) is 17.1 Å². The van der Waals surface area contributed by atoms with Crippen molar-refractivity contribution in [3.63, 3.8) is 0 Å². The molecule has 6 heteroatoms. The Balaban J connectivity index is 1.69. The number of hydrogen-bond donors (Lipinski definition) is 2. The van der Waals surface area contributed by atoms with Crippen molar-refractivity contribution in [2.45, 2.75) is 19.5 Å². The van der Waals surface area contributed by atoms with E-state index in [1.54, 1.807) is 24.1 Å². The summed E-state index contributed by atoms with van der Waals surface area (Å²) in [6.07, 6.45) is 0. The van der Waals surface area contributed by atoms with Gasteiger partial charge in [0.25, 0.3) is 11.8 Å². The topological polar surface area (TPSA) is 61.4 Å². The molecule has 1 unspecified atom stereocenters. The largest absolute Gasteiger partial charge is 0.340 e. The predicted octanol–water partition coefficient (Wildman–Crippen LogP) is 3.60. The molecule has 2 amide bonds. The van der Waals surface area contributed by atoms with E-state index in [-0.39, 0.29) is 11.8 Å². The zero-order valence-electron chi connectivity index (χ0n) is 15.0. The Morgan fingerprint density at radius 1 is 0.963 bits per heavy atom. The molecule has 3 aromatic rings. The highest BCUT2D eigenvalue weighted by Gasteiger charge is 2.20. The number of carbonyl (C=O) groups is 2. The first-order valence-corrected chi connectivity index (χ1v) is 9.53. The Labute approximate surface area is 162 Å². The highest BCUT2D eigenvalue weighted by atomic mass is 32.1. The van der Waals surface area contributed by atoms with Crippen LogP contribution in [-0.2, 0) is 11.3 Å². The minimum Gasteiger partial charge on any atom is -0.340 e. The van der Waals surface area contributed by atoms with Gasteiger partial charge in [-0.25, -0.2) is 0 Å². The highest BCUT2D eigenvalue weighted by Crippen LogP contribution is 2.15. The van der Waals surface area contributed by atoms with Crippen molar-refractivity contribution < 1.29 is 9.59 Å². The van der Waals surface area contributed by atoms with Crippen molar-refractivity contribution >= 4 is 28.8 Å². The van der Waals surface area contributed by atoms with E-state index in [0.717, 1.165) is 11.3 Å². The smallest absolute Gasteiger partial charge is 0.261 e. The quantitative estimate of drug-likeness (QED) is 0.617. The fourth-order valence-electron chi connectivity index (χ4n) is 2.54. The first-order valence-electron chi connectivity index (χ1n) is 8.65. The van der Waals surface area contributed by atoms with Crippen LogP contribution in [0.4, 0.5) is 5.69 Å². The SMILES string of the molecule is CC(NC(=O)c1cccs1)C(=O)NN(Cc1ccccc1)c1ccccc1. The summed E-state index contributed by atoms with van der Waals surface area (Å²) in [4.78, 5) is 25.4. The van der Waals surface area contributed by atoms with Gasteiger partial charge in [-0.3, -0.25) is 20.0 Å². The average Bonchev–Trinajstić information content (AvgIpc) is 3.24. The van der Waals surface area contributed by atoms with Crippen LogP contribution >= 0.6 is 11.3 Å². The molecule has 0 radical (unpaired) electrons. The molecule has 138 valence electrons. The molecule has 2 aromatic carbocycles. The number of carbonyl (C=O) groups excluding carboxylic acids is 2. The lowest BCUT2D eigenvalue weighted by Crippen LogP contribution is -2.51. The fourth-order valence-corrected chi connectivity index (χ4v) is 3.17. The second kappa shape index (κ2) is 9.00. The van der Waals surface area contributed by atoms with Crippen LogP contribution in [0.5, 0.6) is 0 Å². The third-order valence-electron chi connectivity index (χ3n) is 3.98. The van der Waals surface area contributed by atoms with Gasteiger partial charge in [-0.1, -0.05) is 54.6 Å². The van der Waals surface area contributed by atoms with E-state index in [1.165, 1.54) is 11.3 Å². The molecule has 3 rings (SSSR count). The molecule has 1 aromatic heterocycles. The minimum absolute atomic E-state index is 0.248. The molecule has 0 saturated carbocycles. The maximum atomic E-state index is 12.7. The van der Waals surface area contributed by atoms with Gasteiger partial charge in [-0.2, -0.15) is 0 Å². The van der Waals surface area contributed by atoms with Crippen LogP contribution in [0.15, 0.2) is 78.2 Å².